The highest BCUT2D eigenvalue weighted by Crippen LogP contribution is 2.31. The first-order valence-electron chi connectivity index (χ1n) is 9.02. The number of hydrogen-bond donors (Lipinski definition) is 1. The highest BCUT2D eigenvalue weighted by atomic mass is 32.2. The summed E-state index contributed by atoms with van der Waals surface area (Å²) in [6, 6.07) is 19.6. The van der Waals surface area contributed by atoms with E-state index in [0.29, 0.717) is 29.4 Å². The maximum absolute atomic E-state index is 12.7. The smallest absolute Gasteiger partial charge is 0.262 e. The van der Waals surface area contributed by atoms with Crippen molar-refractivity contribution in [1.82, 2.24) is 0 Å². The molecule has 0 aliphatic carbocycles. The average molecular weight is 411 g/mol. The molecule has 0 unspecified atom stereocenters. The molecule has 0 aliphatic rings. The number of nitrogens with one attached hydrogen (secondary N) is 1. The lowest BCUT2D eigenvalue weighted by Gasteiger charge is -2.14. The summed E-state index contributed by atoms with van der Waals surface area (Å²) in [6.45, 7) is 3.90. The summed E-state index contributed by atoms with van der Waals surface area (Å²) in [5.41, 5.74) is 0.750. The summed E-state index contributed by atoms with van der Waals surface area (Å²) >= 11 is 0. The zero-order valence-electron chi connectivity index (χ0n) is 16.1. The molecular weight excluding hydrogens is 390 g/mol. The number of carbonyl (C=O) groups is 1. The van der Waals surface area contributed by atoms with Crippen molar-refractivity contribution in [2.45, 2.75) is 18.7 Å². The maximum Gasteiger partial charge on any atom is 0.262 e. The fraction of sp³-hybridized carbons (Fsp3) is 0.136. The Bertz CT molecular complexity index is 1090. The van der Waals surface area contributed by atoms with E-state index in [1.54, 1.807) is 48.5 Å². The zero-order valence-corrected chi connectivity index (χ0v) is 16.9. The first-order chi connectivity index (χ1) is 13.9. The van der Waals surface area contributed by atoms with E-state index < -0.39 is 10.0 Å². The summed E-state index contributed by atoms with van der Waals surface area (Å²) in [6.07, 6.45) is 0. The van der Waals surface area contributed by atoms with Crippen molar-refractivity contribution in [2.24, 2.45) is 0 Å². The van der Waals surface area contributed by atoms with Gasteiger partial charge in [0.15, 0.2) is 11.5 Å². The van der Waals surface area contributed by atoms with Gasteiger partial charge in [0.25, 0.3) is 10.0 Å². The molecule has 3 rings (SSSR count). The van der Waals surface area contributed by atoms with Gasteiger partial charge in [-0.2, -0.15) is 0 Å². The van der Waals surface area contributed by atoms with Gasteiger partial charge in [-0.15, -0.1) is 0 Å². The Morgan fingerprint density at radius 3 is 2.14 bits per heavy atom. The molecule has 0 heterocycles. The Morgan fingerprint density at radius 1 is 0.897 bits per heavy atom. The molecule has 0 aromatic heterocycles. The van der Waals surface area contributed by atoms with E-state index in [9.17, 15) is 13.2 Å². The van der Waals surface area contributed by atoms with Crippen LogP contribution in [0.1, 0.15) is 24.2 Å². The third kappa shape index (κ3) is 5.14. The fourth-order valence-corrected chi connectivity index (χ4v) is 3.68. The number of para-hydroxylation sites is 2. The second kappa shape index (κ2) is 8.79. The first kappa shape index (κ1) is 20.4. The van der Waals surface area contributed by atoms with Crippen molar-refractivity contribution in [3.05, 3.63) is 78.4 Å². The van der Waals surface area contributed by atoms with E-state index in [1.807, 2.05) is 6.92 Å². The number of rotatable bonds is 8. The van der Waals surface area contributed by atoms with Gasteiger partial charge < -0.3 is 9.47 Å². The highest BCUT2D eigenvalue weighted by molar-refractivity contribution is 7.92. The van der Waals surface area contributed by atoms with Crippen LogP contribution in [0.3, 0.4) is 0 Å². The number of sulfonamides is 1. The molecule has 0 fully saturated rings. The molecule has 0 bridgehead atoms. The van der Waals surface area contributed by atoms with Crippen LogP contribution in [-0.4, -0.2) is 20.8 Å². The molecule has 3 aromatic rings. The van der Waals surface area contributed by atoms with E-state index in [-0.39, 0.29) is 10.7 Å². The van der Waals surface area contributed by atoms with Gasteiger partial charge in [0, 0.05) is 5.56 Å². The van der Waals surface area contributed by atoms with Crippen LogP contribution in [-0.2, 0) is 10.0 Å². The van der Waals surface area contributed by atoms with Crippen LogP contribution in [0.25, 0.3) is 0 Å². The van der Waals surface area contributed by atoms with Gasteiger partial charge in [-0.25, -0.2) is 8.42 Å². The van der Waals surface area contributed by atoms with Gasteiger partial charge in [0.05, 0.1) is 17.2 Å². The molecule has 6 nitrogen and oxygen atoms in total. The van der Waals surface area contributed by atoms with Gasteiger partial charge in [-0.1, -0.05) is 24.3 Å². The lowest BCUT2D eigenvalue weighted by Crippen LogP contribution is -2.13. The average Bonchev–Trinajstić information content (AvgIpc) is 2.71. The van der Waals surface area contributed by atoms with E-state index in [1.165, 1.54) is 31.2 Å². The Kier molecular flexibility index (Phi) is 6.19. The number of ether oxygens (including phenoxy) is 2. The standard InChI is InChI=1S/C22H21NO5S/c1-3-27-18-10-12-19(13-11-18)28-22-7-5-4-6-21(22)23-29(25,26)20-14-8-17(9-15-20)16(2)24/h4-15,23H,3H2,1-2H3. The first-order valence-corrected chi connectivity index (χ1v) is 10.5. The molecule has 150 valence electrons. The monoisotopic (exact) mass is 411 g/mol. The molecule has 7 heteroatoms. The Hall–Kier alpha value is -3.32. The SMILES string of the molecule is CCOc1ccc(Oc2ccccc2NS(=O)(=O)c2ccc(C(C)=O)cc2)cc1. The van der Waals surface area contributed by atoms with Crippen molar-refractivity contribution < 1.29 is 22.7 Å². The predicted molar refractivity (Wildman–Crippen MR) is 111 cm³/mol. The van der Waals surface area contributed by atoms with Crippen LogP contribution in [0, 0.1) is 0 Å². The minimum absolute atomic E-state index is 0.0540. The second-order valence-electron chi connectivity index (χ2n) is 6.19. The summed E-state index contributed by atoms with van der Waals surface area (Å²) in [5.74, 6) is 1.50. The molecule has 3 aromatic carbocycles. The largest absolute Gasteiger partial charge is 0.494 e. The fourth-order valence-electron chi connectivity index (χ4n) is 2.61. The maximum atomic E-state index is 12.7. The Morgan fingerprint density at radius 2 is 1.52 bits per heavy atom. The predicted octanol–water partition coefficient (Wildman–Crippen LogP) is 4.88. The molecule has 0 saturated heterocycles. The lowest BCUT2D eigenvalue weighted by molar-refractivity contribution is 0.101. The Balaban J connectivity index is 1.81. The quantitative estimate of drug-likeness (QED) is 0.534. The zero-order chi connectivity index (χ0) is 20.9. The van der Waals surface area contributed by atoms with E-state index >= 15 is 0 Å². The van der Waals surface area contributed by atoms with Gasteiger partial charge in [0.2, 0.25) is 0 Å². The molecule has 0 aliphatic heterocycles. The van der Waals surface area contributed by atoms with Gasteiger partial charge in [-0.05, 0) is 62.4 Å². The number of anilines is 1. The molecule has 29 heavy (non-hydrogen) atoms. The Labute approximate surface area is 170 Å². The van der Waals surface area contributed by atoms with Crippen LogP contribution in [0.4, 0.5) is 5.69 Å². The number of carbonyl (C=O) groups excluding carboxylic acids is 1. The van der Waals surface area contributed by atoms with Crippen LogP contribution in [0.15, 0.2) is 77.7 Å². The van der Waals surface area contributed by atoms with Crippen molar-refractivity contribution in [2.75, 3.05) is 11.3 Å². The van der Waals surface area contributed by atoms with Gasteiger partial charge in [0.1, 0.15) is 11.5 Å². The third-order valence-electron chi connectivity index (χ3n) is 4.07. The van der Waals surface area contributed by atoms with Crippen molar-refractivity contribution in [3.8, 4) is 17.2 Å². The summed E-state index contributed by atoms with van der Waals surface area (Å²) in [4.78, 5) is 11.4. The number of hydrogen-bond acceptors (Lipinski definition) is 5. The van der Waals surface area contributed by atoms with Crippen molar-refractivity contribution >= 4 is 21.5 Å². The second-order valence-corrected chi connectivity index (χ2v) is 7.87. The number of benzene rings is 3. The molecule has 0 amide bonds. The molecule has 0 atom stereocenters. The minimum Gasteiger partial charge on any atom is -0.494 e. The molecule has 0 radical (unpaired) electrons. The van der Waals surface area contributed by atoms with E-state index in [4.69, 9.17) is 9.47 Å². The van der Waals surface area contributed by atoms with Gasteiger partial charge >= 0.3 is 0 Å². The molecular formula is C22H21NO5S. The topological polar surface area (TPSA) is 81.7 Å². The van der Waals surface area contributed by atoms with Gasteiger partial charge in [-0.3, -0.25) is 9.52 Å². The summed E-state index contributed by atoms with van der Waals surface area (Å²) in [7, 11) is -3.85. The highest BCUT2D eigenvalue weighted by Gasteiger charge is 2.17. The number of ketones is 1. The van der Waals surface area contributed by atoms with E-state index in [0.717, 1.165) is 5.75 Å². The molecule has 0 spiro atoms. The summed E-state index contributed by atoms with van der Waals surface area (Å²) < 4.78 is 39.3. The third-order valence-corrected chi connectivity index (χ3v) is 5.45. The lowest BCUT2D eigenvalue weighted by atomic mass is 10.2. The van der Waals surface area contributed by atoms with E-state index in [2.05, 4.69) is 4.72 Å². The van der Waals surface area contributed by atoms with Crippen molar-refractivity contribution in [3.63, 3.8) is 0 Å². The molecule has 1 N–H and O–H groups in total. The normalized spacial score (nSPS) is 11.0. The van der Waals surface area contributed by atoms with Crippen LogP contribution in [0.5, 0.6) is 17.2 Å². The van der Waals surface area contributed by atoms with Crippen LogP contribution < -0.4 is 14.2 Å². The van der Waals surface area contributed by atoms with Crippen LogP contribution >= 0.6 is 0 Å². The number of Topliss-reactive ketones (excluding diaryl/α,β-unsaturated/α-hetero) is 1. The summed E-state index contributed by atoms with van der Waals surface area (Å²) in [5, 5.41) is 0. The minimum atomic E-state index is -3.85. The molecule has 0 saturated carbocycles. The van der Waals surface area contributed by atoms with Crippen molar-refractivity contribution in [1.29, 1.82) is 0 Å². The van der Waals surface area contributed by atoms with Crippen LogP contribution in [0.2, 0.25) is 0 Å².